The van der Waals surface area contributed by atoms with Crippen LogP contribution >= 0.6 is 23.4 Å². The van der Waals surface area contributed by atoms with Gasteiger partial charge < -0.3 is 5.73 Å². The molecular formula is C12H9ClFNS. The van der Waals surface area contributed by atoms with E-state index in [0.717, 1.165) is 9.79 Å². The molecule has 0 fully saturated rings. The fourth-order valence-corrected chi connectivity index (χ4v) is 2.43. The van der Waals surface area contributed by atoms with Crippen LogP contribution in [0.15, 0.2) is 52.3 Å². The third-order valence-corrected chi connectivity index (χ3v) is 3.47. The molecule has 4 heteroatoms. The third-order valence-electron chi connectivity index (χ3n) is 1.98. The summed E-state index contributed by atoms with van der Waals surface area (Å²) in [7, 11) is 0. The van der Waals surface area contributed by atoms with Crippen LogP contribution in [0.5, 0.6) is 0 Å². The zero-order valence-electron chi connectivity index (χ0n) is 8.28. The average Bonchev–Trinajstić information content (AvgIpc) is 2.22. The highest BCUT2D eigenvalue weighted by molar-refractivity contribution is 7.99. The van der Waals surface area contributed by atoms with Gasteiger partial charge in [0.15, 0.2) is 0 Å². The summed E-state index contributed by atoms with van der Waals surface area (Å²) in [6.45, 7) is 0. The fraction of sp³-hybridized carbons (Fsp3) is 0. The van der Waals surface area contributed by atoms with E-state index >= 15 is 0 Å². The minimum atomic E-state index is -0.253. The second-order valence-corrected chi connectivity index (χ2v) is 4.77. The smallest absolute Gasteiger partial charge is 0.124 e. The molecule has 1 nitrogen and oxygen atoms in total. The van der Waals surface area contributed by atoms with E-state index in [-0.39, 0.29) is 5.82 Å². The lowest BCUT2D eigenvalue weighted by Gasteiger charge is -2.04. The molecule has 0 aromatic heterocycles. The van der Waals surface area contributed by atoms with Crippen LogP contribution in [-0.4, -0.2) is 0 Å². The molecule has 0 saturated carbocycles. The van der Waals surface area contributed by atoms with E-state index in [0.29, 0.717) is 10.7 Å². The number of rotatable bonds is 2. The number of benzene rings is 2. The normalized spacial score (nSPS) is 10.4. The summed E-state index contributed by atoms with van der Waals surface area (Å²) >= 11 is 7.43. The van der Waals surface area contributed by atoms with Crippen molar-refractivity contribution in [1.82, 2.24) is 0 Å². The number of nitrogens with two attached hydrogens (primary N) is 1. The van der Waals surface area contributed by atoms with Crippen LogP contribution < -0.4 is 5.73 Å². The first-order valence-corrected chi connectivity index (χ1v) is 5.83. The van der Waals surface area contributed by atoms with Crippen LogP contribution in [0.4, 0.5) is 10.1 Å². The Kier molecular flexibility index (Phi) is 3.36. The predicted octanol–water partition coefficient (Wildman–Crippen LogP) is 4.21. The molecule has 0 aliphatic rings. The average molecular weight is 254 g/mol. The van der Waals surface area contributed by atoms with E-state index < -0.39 is 0 Å². The van der Waals surface area contributed by atoms with Gasteiger partial charge >= 0.3 is 0 Å². The van der Waals surface area contributed by atoms with Crippen molar-refractivity contribution in [2.24, 2.45) is 0 Å². The minimum Gasteiger partial charge on any atom is -0.399 e. The van der Waals surface area contributed by atoms with Crippen molar-refractivity contribution in [3.05, 3.63) is 53.3 Å². The largest absolute Gasteiger partial charge is 0.399 e. The summed E-state index contributed by atoms with van der Waals surface area (Å²) in [5.41, 5.74) is 6.21. The van der Waals surface area contributed by atoms with Gasteiger partial charge in [-0.15, -0.1) is 0 Å². The standard InChI is InChI=1S/C12H9ClFNS/c13-11-7-9(15)4-5-12(11)16-10-3-1-2-8(14)6-10/h1-7H,15H2. The highest BCUT2D eigenvalue weighted by Crippen LogP contribution is 2.34. The van der Waals surface area contributed by atoms with Gasteiger partial charge in [-0.25, -0.2) is 4.39 Å². The number of nitrogen functional groups attached to an aromatic ring is 1. The van der Waals surface area contributed by atoms with E-state index in [4.69, 9.17) is 17.3 Å². The Hall–Kier alpha value is -1.19. The molecule has 0 amide bonds. The maximum atomic E-state index is 13.0. The molecule has 0 unspecified atom stereocenters. The zero-order chi connectivity index (χ0) is 11.5. The molecule has 0 aliphatic carbocycles. The molecule has 2 N–H and O–H groups in total. The molecule has 0 aliphatic heterocycles. The lowest BCUT2D eigenvalue weighted by molar-refractivity contribution is 0.624. The molecule has 16 heavy (non-hydrogen) atoms. The first-order valence-electron chi connectivity index (χ1n) is 4.63. The van der Waals surface area contributed by atoms with Gasteiger partial charge in [0.1, 0.15) is 5.82 Å². The van der Waals surface area contributed by atoms with E-state index in [9.17, 15) is 4.39 Å². The SMILES string of the molecule is Nc1ccc(Sc2cccc(F)c2)c(Cl)c1. The molecule has 2 aromatic carbocycles. The van der Waals surface area contributed by atoms with Gasteiger partial charge in [-0.2, -0.15) is 0 Å². The maximum absolute atomic E-state index is 13.0. The molecule has 0 heterocycles. The molecule has 2 rings (SSSR count). The molecule has 82 valence electrons. The number of anilines is 1. The summed E-state index contributed by atoms with van der Waals surface area (Å²) in [6.07, 6.45) is 0. The monoisotopic (exact) mass is 253 g/mol. The van der Waals surface area contributed by atoms with E-state index in [1.807, 2.05) is 12.1 Å². The van der Waals surface area contributed by atoms with E-state index in [1.165, 1.54) is 23.9 Å². The quantitative estimate of drug-likeness (QED) is 0.812. The van der Waals surface area contributed by atoms with Crippen molar-refractivity contribution in [1.29, 1.82) is 0 Å². The van der Waals surface area contributed by atoms with Crippen LogP contribution in [0, 0.1) is 5.82 Å². The number of hydrogen-bond donors (Lipinski definition) is 1. The van der Waals surface area contributed by atoms with Crippen molar-refractivity contribution in [2.45, 2.75) is 9.79 Å². The Morgan fingerprint density at radius 3 is 2.62 bits per heavy atom. The minimum absolute atomic E-state index is 0.253. The highest BCUT2D eigenvalue weighted by Gasteiger charge is 2.03. The maximum Gasteiger partial charge on any atom is 0.124 e. The fourth-order valence-electron chi connectivity index (χ4n) is 1.26. The number of hydrogen-bond acceptors (Lipinski definition) is 2. The molecule has 2 aromatic rings. The van der Waals surface area contributed by atoms with Gasteiger partial charge in [-0.1, -0.05) is 29.4 Å². The van der Waals surface area contributed by atoms with Crippen LogP contribution in [-0.2, 0) is 0 Å². The number of halogens is 2. The van der Waals surface area contributed by atoms with Crippen LogP contribution in [0.2, 0.25) is 5.02 Å². The predicted molar refractivity (Wildman–Crippen MR) is 66.4 cm³/mol. The van der Waals surface area contributed by atoms with E-state index in [2.05, 4.69) is 0 Å². The van der Waals surface area contributed by atoms with Gasteiger partial charge in [-0.05, 0) is 36.4 Å². The summed E-state index contributed by atoms with van der Waals surface area (Å²) in [4.78, 5) is 1.67. The van der Waals surface area contributed by atoms with Crippen LogP contribution in [0.25, 0.3) is 0 Å². The zero-order valence-corrected chi connectivity index (χ0v) is 9.86. The molecular weight excluding hydrogens is 245 g/mol. The lowest BCUT2D eigenvalue weighted by Crippen LogP contribution is -1.84. The van der Waals surface area contributed by atoms with Crippen molar-refractivity contribution in [3.8, 4) is 0 Å². The lowest BCUT2D eigenvalue weighted by atomic mass is 10.3. The summed E-state index contributed by atoms with van der Waals surface area (Å²) in [6, 6.07) is 11.7. The van der Waals surface area contributed by atoms with Gasteiger partial charge in [-0.3, -0.25) is 0 Å². The van der Waals surface area contributed by atoms with Gasteiger partial charge in [0.05, 0.1) is 5.02 Å². The first kappa shape index (κ1) is 11.3. The second kappa shape index (κ2) is 4.76. The molecule has 0 saturated heterocycles. The summed E-state index contributed by atoms with van der Waals surface area (Å²) < 4.78 is 13.0. The van der Waals surface area contributed by atoms with E-state index in [1.54, 1.807) is 18.2 Å². The summed E-state index contributed by atoms with van der Waals surface area (Å²) in [5, 5.41) is 0.578. The van der Waals surface area contributed by atoms with Crippen LogP contribution in [0.1, 0.15) is 0 Å². The van der Waals surface area contributed by atoms with Crippen LogP contribution in [0.3, 0.4) is 0 Å². The molecule has 0 bridgehead atoms. The Morgan fingerprint density at radius 2 is 1.94 bits per heavy atom. The first-order chi connectivity index (χ1) is 7.65. The van der Waals surface area contributed by atoms with Crippen molar-refractivity contribution >= 4 is 29.1 Å². The third kappa shape index (κ3) is 2.68. The second-order valence-electron chi connectivity index (χ2n) is 3.25. The topological polar surface area (TPSA) is 26.0 Å². The van der Waals surface area contributed by atoms with Crippen molar-refractivity contribution in [2.75, 3.05) is 5.73 Å². The van der Waals surface area contributed by atoms with Gasteiger partial charge in [0.2, 0.25) is 0 Å². The Morgan fingerprint density at radius 1 is 1.12 bits per heavy atom. The Balaban J connectivity index is 2.27. The Bertz CT molecular complexity index is 516. The molecule has 0 spiro atoms. The van der Waals surface area contributed by atoms with Crippen molar-refractivity contribution < 1.29 is 4.39 Å². The molecule has 0 atom stereocenters. The van der Waals surface area contributed by atoms with Gasteiger partial charge in [0.25, 0.3) is 0 Å². The molecule has 0 radical (unpaired) electrons. The summed E-state index contributed by atoms with van der Waals surface area (Å²) in [5.74, 6) is -0.253. The Labute approximate surface area is 102 Å². The van der Waals surface area contributed by atoms with Gasteiger partial charge in [0, 0.05) is 15.5 Å². The highest BCUT2D eigenvalue weighted by atomic mass is 35.5. The van der Waals surface area contributed by atoms with Crippen molar-refractivity contribution in [3.63, 3.8) is 0 Å².